The average Bonchev–Trinajstić information content (AvgIpc) is 3.33. The molecule has 3 rings (SSSR count). The van der Waals surface area contributed by atoms with E-state index in [1.807, 2.05) is 6.92 Å². The minimum Gasteiger partial charge on any atom is -0.343 e. The molecule has 0 spiro atoms. The molecule has 0 aromatic heterocycles. The van der Waals surface area contributed by atoms with E-state index < -0.39 is 6.04 Å². The number of nitrogens with zero attached hydrogens (tertiary/aromatic N) is 2. The van der Waals surface area contributed by atoms with E-state index in [4.69, 9.17) is 0 Å². The number of hydrogen-bond acceptors (Lipinski definition) is 4. The summed E-state index contributed by atoms with van der Waals surface area (Å²) in [4.78, 5) is 31.1. The van der Waals surface area contributed by atoms with E-state index in [2.05, 4.69) is 57.7 Å². The van der Waals surface area contributed by atoms with Gasteiger partial charge in [-0.25, -0.2) is 0 Å². The summed E-state index contributed by atoms with van der Waals surface area (Å²) in [6.07, 6.45) is 8.71. The first-order valence-corrected chi connectivity index (χ1v) is 13.1. The number of hydrogen-bond donors (Lipinski definition) is 2. The van der Waals surface area contributed by atoms with Gasteiger partial charge in [-0.15, -0.1) is 0 Å². The van der Waals surface area contributed by atoms with Crippen molar-refractivity contribution in [3.63, 3.8) is 0 Å². The van der Waals surface area contributed by atoms with Crippen molar-refractivity contribution in [2.45, 2.75) is 83.3 Å². The van der Waals surface area contributed by atoms with Gasteiger partial charge in [-0.3, -0.25) is 9.59 Å². The first kappa shape index (κ1) is 25.7. The van der Waals surface area contributed by atoms with Gasteiger partial charge in [-0.1, -0.05) is 56.5 Å². The summed E-state index contributed by atoms with van der Waals surface area (Å²) in [5.41, 5.74) is 1.36. The van der Waals surface area contributed by atoms with E-state index in [9.17, 15) is 9.59 Å². The van der Waals surface area contributed by atoms with Crippen molar-refractivity contribution >= 4 is 11.8 Å². The van der Waals surface area contributed by atoms with Crippen LogP contribution in [0.25, 0.3) is 0 Å². The Kier molecular flexibility index (Phi) is 10.2. The van der Waals surface area contributed by atoms with Crippen LogP contribution in [-0.4, -0.2) is 73.0 Å². The molecule has 0 unspecified atom stereocenters. The SMILES string of the molecule is CCN(CCc1ccccc1)C[C@@H]1CCCN1C(=O)[C@H](NC(=O)[C@@H](C)NC)C1CCCCC1. The lowest BCUT2D eigenvalue weighted by Gasteiger charge is -2.36. The lowest BCUT2D eigenvalue weighted by molar-refractivity contribution is -0.139. The number of carbonyl (C=O) groups is 2. The molecule has 1 heterocycles. The lowest BCUT2D eigenvalue weighted by atomic mass is 9.83. The topological polar surface area (TPSA) is 64.7 Å². The summed E-state index contributed by atoms with van der Waals surface area (Å²) in [5, 5.41) is 6.15. The average molecular weight is 457 g/mol. The van der Waals surface area contributed by atoms with Crippen molar-refractivity contribution in [3.8, 4) is 0 Å². The Morgan fingerprint density at radius 2 is 1.82 bits per heavy atom. The molecule has 1 aromatic carbocycles. The third-order valence-electron chi connectivity index (χ3n) is 7.65. The summed E-state index contributed by atoms with van der Waals surface area (Å²) in [5.74, 6) is 0.316. The number of likely N-dealkylation sites (tertiary alicyclic amines) is 1. The van der Waals surface area contributed by atoms with Crippen LogP contribution in [0, 0.1) is 5.92 Å². The molecule has 0 radical (unpaired) electrons. The van der Waals surface area contributed by atoms with Crippen LogP contribution in [0.5, 0.6) is 0 Å². The van der Waals surface area contributed by atoms with Crippen molar-refractivity contribution < 1.29 is 9.59 Å². The Morgan fingerprint density at radius 1 is 1.09 bits per heavy atom. The van der Waals surface area contributed by atoms with E-state index in [0.29, 0.717) is 0 Å². The molecular weight excluding hydrogens is 412 g/mol. The normalized spacial score (nSPS) is 21.2. The van der Waals surface area contributed by atoms with Gasteiger partial charge in [0.1, 0.15) is 6.04 Å². The van der Waals surface area contributed by atoms with Gasteiger partial charge >= 0.3 is 0 Å². The van der Waals surface area contributed by atoms with E-state index in [1.165, 1.54) is 12.0 Å². The van der Waals surface area contributed by atoms with Crippen LogP contribution in [0.1, 0.15) is 64.4 Å². The number of rotatable bonds is 11. The van der Waals surface area contributed by atoms with E-state index in [0.717, 1.165) is 71.1 Å². The third-order valence-corrected chi connectivity index (χ3v) is 7.65. The highest BCUT2D eigenvalue weighted by atomic mass is 16.2. The summed E-state index contributed by atoms with van der Waals surface area (Å²) < 4.78 is 0. The molecule has 184 valence electrons. The smallest absolute Gasteiger partial charge is 0.245 e. The molecule has 6 heteroatoms. The van der Waals surface area contributed by atoms with Crippen molar-refractivity contribution in [3.05, 3.63) is 35.9 Å². The Hall–Kier alpha value is -1.92. The predicted octanol–water partition coefficient (Wildman–Crippen LogP) is 3.22. The van der Waals surface area contributed by atoms with Crippen molar-refractivity contribution in [1.29, 1.82) is 0 Å². The van der Waals surface area contributed by atoms with E-state index in [-0.39, 0.29) is 29.8 Å². The van der Waals surface area contributed by atoms with E-state index in [1.54, 1.807) is 7.05 Å². The van der Waals surface area contributed by atoms with Crippen molar-refractivity contribution in [2.75, 3.05) is 33.2 Å². The van der Waals surface area contributed by atoms with Gasteiger partial charge in [0, 0.05) is 25.7 Å². The van der Waals surface area contributed by atoms with Crippen LogP contribution in [0.2, 0.25) is 0 Å². The first-order valence-electron chi connectivity index (χ1n) is 13.1. The van der Waals surface area contributed by atoms with Crippen LogP contribution in [-0.2, 0) is 16.0 Å². The predicted molar refractivity (Wildman–Crippen MR) is 134 cm³/mol. The summed E-state index contributed by atoms with van der Waals surface area (Å²) >= 11 is 0. The molecule has 2 fully saturated rings. The standard InChI is InChI=1S/C27H44N4O2/c1-4-30(19-17-22-12-7-5-8-13-22)20-24-16-11-18-31(24)27(33)25(23-14-9-6-10-15-23)29-26(32)21(2)28-3/h5,7-8,12-13,21,23-25,28H,4,6,9-11,14-20H2,1-3H3,(H,29,32)/t21-,24+,25-/m1/s1. The Bertz CT molecular complexity index is 735. The lowest BCUT2D eigenvalue weighted by Crippen LogP contribution is -2.57. The van der Waals surface area contributed by atoms with E-state index >= 15 is 0 Å². The minimum absolute atomic E-state index is 0.0739. The zero-order valence-corrected chi connectivity index (χ0v) is 20.9. The largest absolute Gasteiger partial charge is 0.343 e. The minimum atomic E-state index is -0.395. The van der Waals surface area contributed by atoms with Crippen LogP contribution < -0.4 is 10.6 Å². The van der Waals surface area contributed by atoms with Crippen LogP contribution in [0.4, 0.5) is 0 Å². The Morgan fingerprint density at radius 3 is 2.48 bits per heavy atom. The molecule has 33 heavy (non-hydrogen) atoms. The zero-order chi connectivity index (χ0) is 23.6. The fourth-order valence-corrected chi connectivity index (χ4v) is 5.36. The second-order valence-electron chi connectivity index (χ2n) is 9.85. The molecule has 1 saturated heterocycles. The molecule has 2 aliphatic rings. The molecule has 0 bridgehead atoms. The fraction of sp³-hybridized carbons (Fsp3) is 0.704. The van der Waals surface area contributed by atoms with Gasteiger partial charge < -0.3 is 20.4 Å². The highest BCUT2D eigenvalue weighted by Gasteiger charge is 2.38. The quantitative estimate of drug-likeness (QED) is 0.537. The second-order valence-corrected chi connectivity index (χ2v) is 9.85. The number of nitrogens with one attached hydrogen (secondary N) is 2. The summed E-state index contributed by atoms with van der Waals surface area (Å²) in [6.45, 7) is 7.75. The Balaban J connectivity index is 1.65. The zero-order valence-electron chi connectivity index (χ0n) is 20.9. The van der Waals surface area contributed by atoms with Gasteiger partial charge in [-0.2, -0.15) is 0 Å². The fourth-order valence-electron chi connectivity index (χ4n) is 5.36. The van der Waals surface area contributed by atoms with Gasteiger partial charge in [0.05, 0.1) is 6.04 Å². The highest BCUT2D eigenvalue weighted by Crippen LogP contribution is 2.29. The first-order chi connectivity index (χ1) is 16.0. The summed E-state index contributed by atoms with van der Waals surface area (Å²) in [6, 6.07) is 10.2. The van der Waals surface area contributed by atoms with Gasteiger partial charge in [0.2, 0.25) is 11.8 Å². The van der Waals surface area contributed by atoms with Crippen LogP contribution in [0.15, 0.2) is 30.3 Å². The second kappa shape index (κ2) is 13.1. The maximum Gasteiger partial charge on any atom is 0.245 e. The Labute approximate surface area is 200 Å². The van der Waals surface area contributed by atoms with Crippen LogP contribution >= 0.6 is 0 Å². The van der Waals surface area contributed by atoms with Crippen LogP contribution in [0.3, 0.4) is 0 Å². The number of benzene rings is 1. The van der Waals surface area contributed by atoms with Gasteiger partial charge in [0.15, 0.2) is 0 Å². The molecule has 6 nitrogen and oxygen atoms in total. The molecule has 2 amide bonds. The van der Waals surface area contributed by atoms with Gasteiger partial charge in [0.25, 0.3) is 0 Å². The molecule has 3 atom stereocenters. The van der Waals surface area contributed by atoms with Crippen molar-refractivity contribution in [2.24, 2.45) is 5.92 Å². The maximum atomic E-state index is 13.8. The number of amides is 2. The molecular formula is C27H44N4O2. The molecule has 1 aromatic rings. The number of carbonyl (C=O) groups excluding carboxylic acids is 2. The molecule has 1 aliphatic heterocycles. The maximum absolute atomic E-state index is 13.8. The molecule has 1 aliphatic carbocycles. The summed E-state index contributed by atoms with van der Waals surface area (Å²) in [7, 11) is 1.78. The molecule has 2 N–H and O–H groups in total. The monoisotopic (exact) mass is 456 g/mol. The van der Waals surface area contributed by atoms with Crippen molar-refractivity contribution in [1.82, 2.24) is 20.4 Å². The number of likely N-dealkylation sites (N-methyl/N-ethyl adjacent to an activating group) is 2. The third kappa shape index (κ3) is 7.28. The highest BCUT2D eigenvalue weighted by molar-refractivity contribution is 5.90. The molecule has 1 saturated carbocycles. The van der Waals surface area contributed by atoms with Gasteiger partial charge in [-0.05, 0) is 64.1 Å².